The lowest BCUT2D eigenvalue weighted by molar-refractivity contribution is -0.128. The van der Waals surface area contributed by atoms with E-state index >= 15 is 0 Å². The van der Waals surface area contributed by atoms with Gasteiger partial charge in [-0.05, 0) is 37.5 Å². The maximum absolute atomic E-state index is 12.4. The molecule has 5 nitrogen and oxygen atoms in total. The third-order valence-corrected chi connectivity index (χ3v) is 4.31. The van der Waals surface area contributed by atoms with Crippen LogP contribution in [-0.4, -0.2) is 17.4 Å². The van der Waals surface area contributed by atoms with Gasteiger partial charge in [-0.2, -0.15) is 0 Å². The van der Waals surface area contributed by atoms with E-state index < -0.39 is 5.54 Å². The molecule has 2 amide bonds. The molecule has 2 atom stereocenters. The monoisotopic (exact) mass is 339 g/mol. The van der Waals surface area contributed by atoms with Crippen LogP contribution in [0.4, 0.5) is 5.69 Å². The summed E-state index contributed by atoms with van der Waals surface area (Å²) < 4.78 is 0. The zero-order chi connectivity index (χ0) is 16.2. The Hall–Kier alpha value is -1.59. The first-order chi connectivity index (χ1) is 10.4. The number of benzene rings is 1. The summed E-state index contributed by atoms with van der Waals surface area (Å²) in [4.78, 5) is 23.3. The number of nitrogens with one attached hydrogen (secondary N) is 2. The summed E-state index contributed by atoms with van der Waals surface area (Å²) in [7, 11) is 0. The molecular weight excluding hydrogens is 314 g/mol. The highest BCUT2D eigenvalue weighted by Crippen LogP contribution is 2.31. The molecule has 0 heterocycles. The third-order valence-electron chi connectivity index (χ3n) is 4.31. The van der Waals surface area contributed by atoms with Gasteiger partial charge in [0.05, 0.1) is 5.92 Å². The lowest BCUT2D eigenvalue weighted by atomic mass is 9.74. The van der Waals surface area contributed by atoms with E-state index in [-0.39, 0.29) is 30.1 Å². The summed E-state index contributed by atoms with van der Waals surface area (Å²) in [6, 6.07) is 7.45. The van der Waals surface area contributed by atoms with E-state index in [0.29, 0.717) is 6.54 Å². The lowest BCUT2D eigenvalue weighted by Crippen LogP contribution is -2.52. The van der Waals surface area contributed by atoms with Crippen molar-refractivity contribution >= 4 is 29.9 Å². The normalized spacial score (nSPS) is 23.5. The molecule has 0 saturated heterocycles. The van der Waals surface area contributed by atoms with Crippen molar-refractivity contribution in [2.75, 3.05) is 5.32 Å². The highest BCUT2D eigenvalue weighted by atomic mass is 35.5. The second-order valence-electron chi connectivity index (χ2n) is 6.40. The molecule has 1 saturated carbocycles. The summed E-state index contributed by atoms with van der Waals surface area (Å²) in [6.45, 7) is 3.92. The average molecular weight is 340 g/mol. The first-order valence-electron chi connectivity index (χ1n) is 7.81. The van der Waals surface area contributed by atoms with Crippen LogP contribution in [0.2, 0.25) is 0 Å². The molecule has 4 N–H and O–H groups in total. The van der Waals surface area contributed by atoms with Gasteiger partial charge < -0.3 is 16.4 Å². The third kappa shape index (κ3) is 5.52. The van der Waals surface area contributed by atoms with E-state index in [9.17, 15) is 9.59 Å². The maximum atomic E-state index is 12.4. The van der Waals surface area contributed by atoms with E-state index in [1.54, 1.807) is 0 Å². The topological polar surface area (TPSA) is 84.2 Å². The Labute approximate surface area is 143 Å². The predicted molar refractivity (Wildman–Crippen MR) is 94.4 cm³/mol. The van der Waals surface area contributed by atoms with E-state index in [4.69, 9.17) is 5.73 Å². The Bertz CT molecular complexity index is 543. The van der Waals surface area contributed by atoms with Crippen molar-refractivity contribution in [2.24, 2.45) is 11.7 Å². The first-order valence-corrected chi connectivity index (χ1v) is 7.81. The number of carbonyl (C=O) groups is 2. The Morgan fingerprint density at radius 3 is 2.48 bits per heavy atom. The number of carbonyl (C=O) groups excluding carboxylic acids is 2. The van der Waals surface area contributed by atoms with Gasteiger partial charge in [-0.25, -0.2) is 0 Å². The number of nitrogens with two attached hydrogens (primary N) is 1. The summed E-state index contributed by atoms with van der Waals surface area (Å²) in [6.07, 6.45) is 3.93. The highest BCUT2D eigenvalue weighted by Gasteiger charge is 2.37. The van der Waals surface area contributed by atoms with Gasteiger partial charge in [0.1, 0.15) is 0 Å². The van der Waals surface area contributed by atoms with Crippen molar-refractivity contribution in [2.45, 2.75) is 51.6 Å². The van der Waals surface area contributed by atoms with E-state index in [0.717, 1.165) is 36.9 Å². The van der Waals surface area contributed by atoms with Crippen molar-refractivity contribution in [3.05, 3.63) is 29.8 Å². The van der Waals surface area contributed by atoms with Crippen molar-refractivity contribution in [1.29, 1.82) is 0 Å². The minimum absolute atomic E-state index is 0. The first kappa shape index (κ1) is 19.5. The molecule has 0 radical (unpaired) electrons. The molecule has 2 unspecified atom stereocenters. The van der Waals surface area contributed by atoms with Crippen molar-refractivity contribution in [3.63, 3.8) is 0 Å². The summed E-state index contributed by atoms with van der Waals surface area (Å²) in [5.41, 5.74) is 7.60. The van der Waals surface area contributed by atoms with Crippen molar-refractivity contribution in [3.8, 4) is 0 Å². The van der Waals surface area contributed by atoms with E-state index in [1.807, 2.05) is 31.2 Å². The fraction of sp³-hybridized carbons (Fsp3) is 0.529. The van der Waals surface area contributed by atoms with Crippen LogP contribution in [-0.2, 0) is 16.1 Å². The number of hydrogen-bond acceptors (Lipinski definition) is 3. The van der Waals surface area contributed by atoms with Crippen LogP contribution in [0.3, 0.4) is 0 Å². The number of anilines is 1. The molecule has 0 spiro atoms. The number of hydrogen-bond donors (Lipinski definition) is 3. The number of halogens is 1. The molecule has 1 aromatic rings. The molecule has 0 aromatic heterocycles. The molecule has 0 aliphatic heterocycles. The molecule has 1 aliphatic carbocycles. The highest BCUT2D eigenvalue weighted by molar-refractivity contribution is 5.88. The summed E-state index contributed by atoms with van der Waals surface area (Å²) >= 11 is 0. The van der Waals surface area contributed by atoms with Crippen LogP contribution in [0.15, 0.2) is 24.3 Å². The van der Waals surface area contributed by atoms with Crippen LogP contribution in [0.1, 0.15) is 45.1 Å². The standard InChI is InChI=1S/C17H25N3O2.ClH/c1-12(21)20-14-8-6-13(7-9-14)11-19-16(22)15-5-3-4-10-17(15,2)18;/h6-9,15H,3-5,10-11,18H2,1-2H3,(H,19,22)(H,20,21);1H. The van der Waals surface area contributed by atoms with Crippen molar-refractivity contribution < 1.29 is 9.59 Å². The zero-order valence-electron chi connectivity index (χ0n) is 13.7. The van der Waals surface area contributed by atoms with Gasteiger partial charge in [0.15, 0.2) is 0 Å². The van der Waals surface area contributed by atoms with Gasteiger partial charge >= 0.3 is 0 Å². The minimum atomic E-state index is -0.405. The number of amides is 2. The van der Waals surface area contributed by atoms with Crippen LogP contribution in [0.25, 0.3) is 0 Å². The smallest absolute Gasteiger partial charge is 0.225 e. The Morgan fingerprint density at radius 1 is 1.26 bits per heavy atom. The van der Waals surface area contributed by atoms with Gasteiger partial charge in [0.25, 0.3) is 0 Å². The van der Waals surface area contributed by atoms with E-state index in [2.05, 4.69) is 10.6 Å². The second-order valence-corrected chi connectivity index (χ2v) is 6.40. The molecule has 6 heteroatoms. The predicted octanol–water partition coefficient (Wildman–Crippen LogP) is 2.59. The van der Waals surface area contributed by atoms with E-state index in [1.165, 1.54) is 6.92 Å². The zero-order valence-corrected chi connectivity index (χ0v) is 14.5. The SMILES string of the molecule is CC(=O)Nc1ccc(CNC(=O)C2CCCCC2(C)N)cc1.Cl. The summed E-state index contributed by atoms with van der Waals surface area (Å²) in [5, 5.41) is 5.69. The lowest BCUT2D eigenvalue weighted by Gasteiger charge is -2.37. The quantitative estimate of drug-likeness (QED) is 0.788. The molecule has 128 valence electrons. The average Bonchev–Trinajstić information content (AvgIpc) is 2.45. The van der Waals surface area contributed by atoms with Gasteiger partial charge in [-0.3, -0.25) is 9.59 Å². The van der Waals surface area contributed by atoms with Gasteiger partial charge in [-0.15, -0.1) is 12.4 Å². The van der Waals surface area contributed by atoms with Crippen LogP contribution in [0, 0.1) is 5.92 Å². The number of rotatable bonds is 4. The molecule has 0 bridgehead atoms. The Balaban J connectivity index is 0.00000264. The second kappa shape index (κ2) is 8.31. The molecular formula is C17H26ClN3O2. The van der Waals surface area contributed by atoms with Crippen molar-refractivity contribution in [1.82, 2.24) is 5.32 Å². The fourth-order valence-electron chi connectivity index (χ4n) is 3.01. The molecule has 23 heavy (non-hydrogen) atoms. The summed E-state index contributed by atoms with van der Waals surface area (Å²) in [5.74, 6) is -0.170. The Kier molecular flexibility index (Phi) is 7.03. The van der Waals surface area contributed by atoms with Crippen LogP contribution >= 0.6 is 12.4 Å². The minimum Gasteiger partial charge on any atom is -0.352 e. The van der Waals surface area contributed by atoms with Crippen LogP contribution in [0.5, 0.6) is 0 Å². The molecule has 1 fully saturated rings. The molecule has 1 aromatic carbocycles. The van der Waals surface area contributed by atoms with Crippen LogP contribution < -0.4 is 16.4 Å². The molecule has 2 rings (SSSR count). The Morgan fingerprint density at radius 2 is 1.91 bits per heavy atom. The van der Waals surface area contributed by atoms with Gasteiger partial charge in [-0.1, -0.05) is 25.0 Å². The maximum Gasteiger partial charge on any atom is 0.225 e. The van der Waals surface area contributed by atoms with Gasteiger partial charge in [0, 0.05) is 24.7 Å². The molecule has 1 aliphatic rings. The van der Waals surface area contributed by atoms with Gasteiger partial charge in [0.2, 0.25) is 11.8 Å². The largest absolute Gasteiger partial charge is 0.352 e. The fourth-order valence-corrected chi connectivity index (χ4v) is 3.01.